The molecule has 4 nitrogen and oxygen atoms in total. The summed E-state index contributed by atoms with van der Waals surface area (Å²) in [5.74, 6) is 0.0102. The number of esters is 1. The van der Waals surface area contributed by atoms with Gasteiger partial charge in [-0.05, 0) is 30.9 Å². The first-order valence-electron chi connectivity index (χ1n) is 7.66. The van der Waals surface area contributed by atoms with Crippen LogP contribution in [0.1, 0.15) is 44.1 Å². The zero-order valence-electron chi connectivity index (χ0n) is 12.6. The third-order valence-electron chi connectivity index (χ3n) is 4.08. The second-order valence-electron chi connectivity index (χ2n) is 5.56. The third kappa shape index (κ3) is 4.59. The van der Waals surface area contributed by atoms with Crippen LogP contribution in [0.25, 0.3) is 0 Å². The lowest BCUT2D eigenvalue weighted by Crippen LogP contribution is -2.25. The fourth-order valence-electron chi connectivity index (χ4n) is 2.80. The van der Waals surface area contributed by atoms with E-state index >= 15 is 0 Å². The molecule has 1 aromatic carbocycles. The molecule has 0 atom stereocenters. The number of nitrogens with one attached hydrogen (secondary N) is 1. The van der Waals surface area contributed by atoms with E-state index in [0.29, 0.717) is 12.8 Å². The van der Waals surface area contributed by atoms with Crippen LogP contribution in [0, 0.1) is 5.92 Å². The highest BCUT2D eigenvalue weighted by Crippen LogP contribution is 2.26. The zero-order chi connectivity index (χ0) is 15.1. The number of carbonyl (C=O) groups is 2. The van der Waals surface area contributed by atoms with Crippen LogP contribution in [0.4, 0.5) is 5.69 Å². The van der Waals surface area contributed by atoms with Gasteiger partial charge in [-0.2, -0.15) is 0 Å². The highest BCUT2D eigenvalue weighted by atomic mass is 16.5. The zero-order valence-corrected chi connectivity index (χ0v) is 12.6. The predicted octanol–water partition coefficient (Wildman–Crippen LogP) is 3.31. The Balaban J connectivity index is 1.98. The first-order chi connectivity index (χ1) is 10.2. The van der Waals surface area contributed by atoms with Crippen molar-refractivity contribution in [3.05, 3.63) is 29.8 Å². The Morgan fingerprint density at radius 2 is 1.90 bits per heavy atom. The van der Waals surface area contributed by atoms with Gasteiger partial charge in [0.05, 0.1) is 7.11 Å². The minimum atomic E-state index is -0.233. The lowest BCUT2D eigenvalue weighted by atomic mass is 9.88. The standard InChI is InChI=1S/C17H23NO3/c1-21-16(19)12-11-13-7-5-6-10-15(13)18-17(20)14-8-3-2-4-9-14/h5-7,10,14H,2-4,8-9,11-12H2,1H3,(H,18,20). The molecule has 1 aliphatic carbocycles. The lowest BCUT2D eigenvalue weighted by molar-refractivity contribution is -0.140. The van der Waals surface area contributed by atoms with Gasteiger partial charge in [0.1, 0.15) is 0 Å². The first kappa shape index (κ1) is 15.5. The molecule has 2 rings (SSSR count). The van der Waals surface area contributed by atoms with E-state index in [0.717, 1.165) is 36.9 Å². The molecule has 1 amide bonds. The molecule has 1 N–H and O–H groups in total. The number of ether oxygens (including phenoxy) is 1. The molecule has 0 aliphatic heterocycles. The molecule has 0 bridgehead atoms. The molecule has 0 heterocycles. The average molecular weight is 289 g/mol. The second-order valence-corrected chi connectivity index (χ2v) is 5.56. The largest absolute Gasteiger partial charge is 0.469 e. The van der Waals surface area contributed by atoms with Crippen LogP contribution in [-0.4, -0.2) is 19.0 Å². The van der Waals surface area contributed by atoms with E-state index in [9.17, 15) is 9.59 Å². The predicted molar refractivity (Wildman–Crippen MR) is 82.0 cm³/mol. The fraction of sp³-hybridized carbons (Fsp3) is 0.529. The van der Waals surface area contributed by atoms with E-state index < -0.39 is 0 Å². The van der Waals surface area contributed by atoms with Crippen molar-refractivity contribution < 1.29 is 14.3 Å². The van der Waals surface area contributed by atoms with Crippen LogP contribution in [-0.2, 0) is 20.7 Å². The molecule has 114 valence electrons. The van der Waals surface area contributed by atoms with Crippen molar-refractivity contribution >= 4 is 17.6 Å². The lowest BCUT2D eigenvalue weighted by Gasteiger charge is -2.21. The van der Waals surface area contributed by atoms with Crippen LogP contribution < -0.4 is 5.32 Å². The van der Waals surface area contributed by atoms with Gasteiger partial charge in [-0.1, -0.05) is 37.5 Å². The second kappa shape index (κ2) is 7.81. The van der Waals surface area contributed by atoms with Gasteiger partial charge < -0.3 is 10.1 Å². The summed E-state index contributed by atoms with van der Waals surface area (Å²) in [6.45, 7) is 0. The monoisotopic (exact) mass is 289 g/mol. The van der Waals surface area contributed by atoms with Crippen LogP contribution in [0.2, 0.25) is 0 Å². The maximum absolute atomic E-state index is 12.3. The molecule has 1 aromatic rings. The fourth-order valence-corrected chi connectivity index (χ4v) is 2.80. The molecular weight excluding hydrogens is 266 g/mol. The third-order valence-corrected chi connectivity index (χ3v) is 4.08. The van der Waals surface area contributed by atoms with Gasteiger partial charge in [0.25, 0.3) is 0 Å². The number of para-hydroxylation sites is 1. The van der Waals surface area contributed by atoms with Crippen molar-refractivity contribution in [3.8, 4) is 0 Å². The van der Waals surface area contributed by atoms with Crippen molar-refractivity contribution in [1.82, 2.24) is 0 Å². The molecule has 0 unspecified atom stereocenters. The molecule has 4 heteroatoms. The van der Waals surface area contributed by atoms with Crippen molar-refractivity contribution in [2.75, 3.05) is 12.4 Å². The SMILES string of the molecule is COC(=O)CCc1ccccc1NC(=O)C1CCCCC1. The number of rotatable bonds is 5. The topological polar surface area (TPSA) is 55.4 Å². The highest BCUT2D eigenvalue weighted by Gasteiger charge is 2.21. The van der Waals surface area contributed by atoms with Crippen LogP contribution >= 0.6 is 0 Å². The van der Waals surface area contributed by atoms with E-state index in [-0.39, 0.29) is 17.8 Å². The van der Waals surface area contributed by atoms with Gasteiger partial charge in [-0.25, -0.2) is 0 Å². The summed E-state index contributed by atoms with van der Waals surface area (Å²) < 4.78 is 4.66. The van der Waals surface area contributed by atoms with Gasteiger partial charge in [0.15, 0.2) is 0 Å². The minimum Gasteiger partial charge on any atom is -0.469 e. The van der Waals surface area contributed by atoms with Crippen molar-refractivity contribution in [1.29, 1.82) is 0 Å². The molecule has 21 heavy (non-hydrogen) atoms. The van der Waals surface area contributed by atoms with Gasteiger partial charge in [-0.15, -0.1) is 0 Å². The Kier molecular flexibility index (Phi) is 5.78. The average Bonchev–Trinajstić information content (AvgIpc) is 2.54. The Hall–Kier alpha value is -1.84. The van der Waals surface area contributed by atoms with E-state index in [1.165, 1.54) is 13.5 Å². The number of carbonyl (C=O) groups excluding carboxylic acids is 2. The minimum absolute atomic E-state index is 0.111. The summed E-state index contributed by atoms with van der Waals surface area (Å²) in [4.78, 5) is 23.6. The number of anilines is 1. The van der Waals surface area contributed by atoms with E-state index in [1.54, 1.807) is 0 Å². The molecular formula is C17H23NO3. The number of hydrogen-bond acceptors (Lipinski definition) is 3. The number of amides is 1. The van der Waals surface area contributed by atoms with Gasteiger partial charge in [0.2, 0.25) is 5.91 Å². The summed E-state index contributed by atoms with van der Waals surface area (Å²) >= 11 is 0. The van der Waals surface area contributed by atoms with E-state index in [2.05, 4.69) is 10.1 Å². The van der Waals surface area contributed by atoms with Crippen LogP contribution in [0.3, 0.4) is 0 Å². The normalized spacial score (nSPS) is 15.5. The smallest absolute Gasteiger partial charge is 0.305 e. The van der Waals surface area contributed by atoms with Gasteiger partial charge in [0, 0.05) is 18.0 Å². The summed E-state index contributed by atoms with van der Waals surface area (Å²) in [7, 11) is 1.39. The summed E-state index contributed by atoms with van der Waals surface area (Å²) in [5.41, 5.74) is 1.80. The number of methoxy groups -OCH3 is 1. The highest BCUT2D eigenvalue weighted by molar-refractivity contribution is 5.93. The number of benzene rings is 1. The Labute approximate surface area is 125 Å². The molecule has 0 saturated heterocycles. The van der Waals surface area contributed by atoms with Crippen molar-refractivity contribution in [3.63, 3.8) is 0 Å². The van der Waals surface area contributed by atoms with E-state index in [4.69, 9.17) is 0 Å². The van der Waals surface area contributed by atoms with Gasteiger partial charge in [-0.3, -0.25) is 9.59 Å². The molecule has 1 saturated carbocycles. The number of aryl methyl sites for hydroxylation is 1. The maximum atomic E-state index is 12.3. The van der Waals surface area contributed by atoms with Crippen molar-refractivity contribution in [2.24, 2.45) is 5.92 Å². The molecule has 1 fully saturated rings. The molecule has 0 aromatic heterocycles. The summed E-state index contributed by atoms with van der Waals surface area (Å²) in [5, 5.41) is 3.03. The Morgan fingerprint density at radius 1 is 1.19 bits per heavy atom. The van der Waals surface area contributed by atoms with Crippen LogP contribution in [0.5, 0.6) is 0 Å². The Bertz CT molecular complexity index is 493. The molecule has 1 aliphatic rings. The summed E-state index contributed by atoms with van der Waals surface area (Å²) in [6, 6.07) is 7.66. The number of hydrogen-bond donors (Lipinski definition) is 1. The Morgan fingerprint density at radius 3 is 2.62 bits per heavy atom. The van der Waals surface area contributed by atoms with E-state index in [1.807, 2.05) is 24.3 Å². The van der Waals surface area contributed by atoms with Gasteiger partial charge >= 0.3 is 5.97 Å². The van der Waals surface area contributed by atoms with Crippen LogP contribution in [0.15, 0.2) is 24.3 Å². The maximum Gasteiger partial charge on any atom is 0.305 e. The van der Waals surface area contributed by atoms with Crippen molar-refractivity contribution in [2.45, 2.75) is 44.9 Å². The first-order valence-corrected chi connectivity index (χ1v) is 7.66. The summed E-state index contributed by atoms with van der Waals surface area (Å²) in [6.07, 6.45) is 6.39. The quantitative estimate of drug-likeness (QED) is 0.846. The molecule has 0 spiro atoms. The molecule has 0 radical (unpaired) electrons.